The number of rotatable bonds is 10. The summed E-state index contributed by atoms with van der Waals surface area (Å²) in [5.74, 6) is -3.52. The topological polar surface area (TPSA) is 110 Å². The van der Waals surface area contributed by atoms with Crippen LogP contribution in [0.4, 0.5) is 0 Å². The molecule has 0 aliphatic carbocycles. The molecule has 7 heteroatoms. The molecule has 0 saturated heterocycles. The van der Waals surface area contributed by atoms with E-state index >= 15 is 0 Å². The first-order chi connectivity index (χ1) is 16.8. The lowest BCUT2D eigenvalue weighted by Gasteiger charge is -2.13. The summed E-state index contributed by atoms with van der Waals surface area (Å²) in [4.78, 5) is 48.8. The number of amides is 1. The molecule has 0 aliphatic heterocycles. The van der Waals surface area contributed by atoms with Crippen LogP contribution in [-0.4, -0.2) is 42.4 Å². The average Bonchev–Trinajstić information content (AvgIpc) is 2.87. The van der Waals surface area contributed by atoms with E-state index in [0.29, 0.717) is 5.56 Å². The van der Waals surface area contributed by atoms with Crippen LogP contribution in [0.15, 0.2) is 72.8 Å². The van der Waals surface area contributed by atoms with Crippen molar-refractivity contribution in [2.45, 2.75) is 19.8 Å². The van der Waals surface area contributed by atoms with Crippen molar-refractivity contribution in [2.75, 3.05) is 13.7 Å². The second-order valence-electron chi connectivity index (χ2n) is 8.19. The van der Waals surface area contributed by atoms with Gasteiger partial charge >= 0.3 is 11.9 Å². The van der Waals surface area contributed by atoms with Crippen LogP contribution in [0.25, 0.3) is 11.1 Å². The number of aryl methyl sites for hydroxylation is 1. The van der Waals surface area contributed by atoms with Gasteiger partial charge in [0.1, 0.15) is 0 Å². The van der Waals surface area contributed by atoms with Crippen molar-refractivity contribution in [3.05, 3.63) is 95.1 Å². The Bertz CT molecular complexity index is 1210. The number of hydrogen-bond acceptors (Lipinski definition) is 5. The molecule has 1 amide bonds. The molecule has 7 nitrogen and oxygen atoms in total. The molecule has 0 aromatic heterocycles. The Balaban J connectivity index is 1.59. The molecular weight excluding hydrogens is 446 g/mol. The number of benzene rings is 3. The number of ketones is 1. The van der Waals surface area contributed by atoms with Crippen molar-refractivity contribution in [1.29, 1.82) is 0 Å². The van der Waals surface area contributed by atoms with E-state index < -0.39 is 23.8 Å². The minimum Gasteiger partial charge on any atom is -0.481 e. The molecule has 0 aliphatic rings. The lowest BCUT2D eigenvalue weighted by Crippen LogP contribution is -2.30. The van der Waals surface area contributed by atoms with E-state index in [4.69, 9.17) is 4.74 Å². The number of carbonyl (C=O) groups is 4. The number of ether oxygens (including phenoxy) is 1. The highest BCUT2D eigenvalue weighted by Gasteiger charge is 2.23. The zero-order valence-electron chi connectivity index (χ0n) is 19.6. The van der Waals surface area contributed by atoms with E-state index in [0.717, 1.165) is 16.7 Å². The molecule has 35 heavy (non-hydrogen) atoms. The number of hydrogen-bond donors (Lipinski definition) is 2. The smallest absolute Gasteiger partial charge is 0.338 e. The molecule has 3 rings (SSSR count). The van der Waals surface area contributed by atoms with Gasteiger partial charge in [-0.3, -0.25) is 14.4 Å². The summed E-state index contributed by atoms with van der Waals surface area (Å²) in [6.45, 7) is 2.04. The normalized spacial score (nSPS) is 11.4. The number of nitrogens with one attached hydrogen (secondary N) is 1. The van der Waals surface area contributed by atoms with Gasteiger partial charge in [0, 0.05) is 18.5 Å². The molecule has 0 saturated carbocycles. The van der Waals surface area contributed by atoms with Crippen LogP contribution >= 0.6 is 0 Å². The molecule has 0 bridgehead atoms. The second kappa shape index (κ2) is 11.7. The van der Waals surface area contributed by atoms with Gasteiger partial charge in [0.2, 0.25) is 0 Å². The molecule has 0 radical (unpaired) electrons. The molecule has 2 N–H and O–H groups in total. The van der Waals surface area contributed by atoms with Crippen LogP contribution in [0, 0.1) is 12.8 Å². The van der Waals surface area contributed by atoms with Gasteiger partial charge in [0.15, 0.2) is 5.78 Å². The average molecular weight is 474 g/mol. The standard InChI is InChI=1S/C28H27NO6/c1-18-7-9-19(10-8-18)20-11-13-21(14-12-20)25(30)17-22(27(32)33)15-16-29-26(31)23-5-3-4-6-24(23)28(34)35-2/h3-14,22H,15-17H2,1-2H3,(H,29,31)(H,32,33). The highest BCUT2D eigenvalue weighted by molar-refractivity contribution is 6.05. The summed E-state index contributed by atoms with van der Waals surface area (Å²) in [7, 11) is 1.22. The lowest BCUT2D eigenvalue weighted by molar-refractivity contribution is -0.141. The van der Waals surface area contributed by atoms with Crippen LogP contribution < -0.4 is 5.32 Å². The van der Waals surface area contributed by atoms with Crippen molar-refractivity contribution in [1.82, 2.24) is 5.32 Å². The summed E-state index contributed by atoms with van der Waals surface area (Å²) in [6.07, 6.45) is -0.123. The van der Waals surface area contributed by atoms with E-state index in [-0.39, 0.29) is 36.3 Å². The van der Waals surface area contributed by atoms with Crippen molar-refractivity contribution >= 4 is 23.6 Å². The number of Topliss-reactive ketones (excluding diaryl/α,β-unsaturated/α-hetero) is 1. The third kappa shape index (κ3) is 6.63. The molecule has 0 heterocycles. The van der Waals surface area contributed by atoms with Gasteiger partial charge in [0.05, 0.1) is 24.2 Å². The molecule has 1 atom stereocenters. The zero-order valence-corrected chi connectivity index (χ0v) is 19.6. The maximum atomic E-state index is 12.7. The Kier molecular flexibility index (Phi) is 8.51. The lowest BCUT2D eigenvalue weighted by atomic mass is 9.94. The van der Waals surface area contributed by atoms with Crippen molar-refractivity contribution in [3.8, 4) is 11.1 Å². The van der Waals surface area contributed by atoms with Crippen molar-refractivity contribution in [3.63, 3.8) is 0 Å². The number of carboxylic acid groups (broad SMARTS) is 1. The Morgan fingerprint density at radius 1 is 0.857 bits per heavy atom. The first-order valence-electron chi connectivity index (χ1n) is 11.2. The fourth-order valence-electron chi connectivity index (χ4n) is 3.67. The molecule has 1 unspecified atom stereocenters. The fraction of sp³-hybridized carbons (Fsp3) is 0.214. The summed E-state index contributed by atoms with van der Waals surface area (Å²) >= 11 is 0. The van der Waals surface area contributed by atoms with Gasteiger partial charge in [-0.15, -0.1) is 0 Å². The third-order valence-electron chi connectivity index (χ3n) is 5.73. The van der Waals surface area contributed by atoms with Gasteiger partial charge in [-0.2, -0.15) is 0 Å². The van der Waals surface area contributed by atoms with Crippen LogP contribution in [0.5, 0.6) is 0 Å². The Hall–Kier alpha value is -4.26. The highest BCUT2D eigenvalue weighted by Crippen LogP contribution is 2.22. The van der Waals surface area contributed by atoms with Gasteiger partial charge in [-0.05, 0) is 36.6 Å². The summed E-state index contributed by atoms with van der Waals surface area (Å²) in [5.41, 5.74) is 3.84. The highest BCUT2D eigenvalue weighted by atomic mass is 16.5. The number of esters is 1. The zero-order chi connectivity index (χ0) is 25.4. The predicted octanol–water partition coefficient (Wildman–Crippen LogP) is 4.54. The number of aliphatic carboxylic acids is 1. The van der Waals surface area contributed by atoms with Gasteiger partial charge in [-0.25, -0.2) is 4.79 Å². The van der Waals surface area contributed by atoms with E-state index in [2.05, 4.69) is 5.32 Å². The van der Waals surface area contributed by atoms with Crippen LogP contribution in [0.2, 0.25) is 0 Å². The van der Waals surface area contributed by atoms with Crippen LogP contribution in [-0.2, 0) is 9.53 Å². The summed E-state index contributed by atoms with van der Waals surface area (Å²) < 4.78 is 4.69. The maximum Gasteiger partial charge on any atom is 0.338 e. The van der Waals surface area contributed by atoms with Crippen molar-refractivity contribution in [2.24, 2.45) is 5.92 Å². The predicted molar refractivity (Wildman–Crippen MR) is 131 cm³/mol. The van der Waals surface area contributed by atoms with Crippen molar-refractivity contribution < 1.29 is 29.0 Å². The fourth-order valence-corrected chi connectivity index (χ4v) is 3.67. The monoisotopic (exact) mass is 473 g/mol. The minimum atomic E-state index is -1.11. The Morgan fingerprint density at radius 2 is 1.43 bits per heavy atom. The molecule has 180 valence electrons. The number of methoxy groups -OCH3 is 1. The maximum absolute atomic E-state index is 12.7. The summed E-state index contributed by atoms with van der Waals surface area (Å²) in [5, 5.41) is 12.2. The second-order valence-corrected chi connectivity index (χ2v) is 8.19. The Morgan fingerprint density at radius 3 is 2.00 bits per heavy atom. The van der Waals surface area contributed by atoms with E-state index in [1.54, 1.807) is 24.3 Å². The van der Waals surface area contributed by atoms with Crippen LogP contribution in [0.3, 0.4) is 0 Å². The first kappa shape index (κ1) is 25.4. The number of carbonyl (C=O) groups excluding carboxylic acids is 3. The van der Waals surface area contributed by atoms with E-state index in [9.17, 15) is 24.3 Å². The van der Waals surface area contributed by atoms with E-state index in [1.807, 2.05) is 43.3 Å². The largest absolute Gasteiger partial charge is 0.481 e. The van der Waals surface area contributed by atoms with Gasteiger partial charge < -0.3 is 15.2 Å². The third-order valence-corrected chi connectivity index (χ3v) is 5.73. The molecule has 0 spiro atoms. The SMILES string of the molecule is COC(=O)c1ccccc1C(=O)NCCC(CC(=O)c1ccc(-c2ccc(C)cc2)cc1)C(=O)O. The molecule has 0 fully saturated rings. The quantitative estimate of drug-likeness (QED) is 0.330. The van der Waals surface area contributed by atoms with Gasteiger partial charge in [0.25, 0.3) is 5.91 Å². The summed E-state index contributed by atoms with van der Waals surface area (Å²) in [6, 6.07) is 21.3. The minimum absolute atomic E-state index is 0.0327. The number of carboxylic acids is 1. The first-order valence-corrected chi connectivity index (χ1v) is 11.2. The molecule has 3 aromatic carbocycles. The Labute approximate surface area is 203 Å². The molecule has 3 aromatic rings. The van der Waals surface area contributed by atoms with E-state index in [1.165, 1.54) is 19.2 Å². The van der Waals surface area contributed by atoms with Crippen LogP contribution in [0.1, 0.15) is 49.5 Å². The van der Waals surface area contributed by atoms with Gasteiger partial charge in [-0.1, -0.05) is 66.2 Å². The molecular formula is C28H27NO6.